The molecule has 4 unspecified atom stereocenters. The molecule has 0 aromatic rings. The van der Waals surface area contributed by atoms with E-state index in [0.717, 1.165) is 31.3 Å². The molecule has 4 fully saturated rings. The molecule has 13 atom stereocenters. The fraction of sp³-hybridized carbons (Fsp3) is 0.931. The third-order valence-corrected chi connectivity index (χ3v) is 12.6. The van der Waals surface area contributed by atoms with Crippen LogP contribution in [0.3, 0.4) is 0 Å². The summed E-state index contributed by atoms with van der Waals surface area (Å²) in [6.45, 7) is 11.8. The molecule has 4 saturated carbocycles. The van der Waals surface area contributed by atoms with E-state index in [0.29, 0.717) is 31.6 Å². The van der Waals surface area contributed by atoms with E-state index in [9.17, 15) is 38.5 Å². The largest absolute Gasteiger partial charge is 0.397 e. The Balaban J connectivity index is 1.64. The van der Waals surface area contributed by atoms with Crippen LogP contribution in [0.25, 0.3) is 0 Å². The topological polar surface area (TPSA) is 165 Å². The van der Waals surface area contributed by atoms with Crippen molar-refractivity contribution in [3.8, 4) is 0 Å². The summed E-state index contributed by atoms with van der Waals surface area (Å²) in [5, 5.41) is 56.9. The minimum absolute atomic E-state index is 0.00770. The highest BCUT2D eigenvalue weighted by atomic mass is 32.3. The van der Waals surface area contributed by atoms with Crippen LogP contribution in [-0.2, 0) is 14.6 Å². The smallest absolute Gasteiger partial charge is 0.396 e. The maximum atomic E-state index is 12.3. The van der Waals surface area contributed by atoms with Gasteiger partial charge in [0.05, 0.1) is 18.8 Å². The Kier molecular flexibility index (Phi) is 8.77. The molecule has 0 saturated heterocycles. The SMILES string of the molecule is C=C(C)C(CC)CC[C@@H](C)[C@@]1(O)[C@H](O)[C@@H](O)C2C3CC[C@H]4C[C@H](O)[C@@H](OS(=O)(=O)O)C[C@]4(C)C3CC[C@@]21CO. The molecule has 6 N–H and O–H groups in total. The highest BCUT2D eigenvalue weighted by molar-refractivity contribution is 7.80. The van der Waals surface area contributed by atoms with E-state index in [1.807, 2.05) is 13.8 Å². The Morgan fingerprint density at radius 2 is 1.82 bits per heavy atom. The van der Waals surface area contributed by atoms with Crippen LogP contribution >= 0.6 is 0 Å². The molecule has 4 aliphatic carbocycles. The Morgan fingerprint density at radius 1 is 1.15 bits per heavy atom. The van der Waals surface area contributed by atoms with Crippen molar-refractivity contribution in [1.29, 1.82) is 0 Å². The van der Waals surface area contributed by atoms with Gasteiger partial charge >= 0.3 is 10.4 Å². The van der Waals surface area contributed by atoms with Crippen molar-refractivity contribution in [2.75, 3.05) is 6.61 Å². The molecule has 0 heterocycles. The van der Waals surface area contributed by atoms with E-state index in [4.69, 9.17) is 4.18 Å². The quantitative estimate of drug-likeness (QED) is 0.179. The molecule has 10 heteroatoms. The number of rotatable bonds is 9. The molecule has 0 spiro atoms. The first-order valence-electron chi connectivity index (χ1n) is 14.8. The Bertz CT molecular complexity index is 1020. The van der Waals surface area contributed by atoms with E-state index < -0.39 is 57.2 Å². The van der Waals surface area contributed by atoms with Gasteiger partial charge in [-0.1, -0.05) is 32.9 Å². The Morgan fingerprint density at radius 3 is 2.38 bits per heavy atom. The normalized spacial score (nSPS) is 47.5. The van der Waals surface area contributed by atoms with Crippen molar-refractivity contribution in [1.82, 2.24) is 0 Å². The summed E-state index contributed by atoms with van der Waals surface area (Å²) in [6, 6.07) is 0. The average molecular weight is 575 g/mol. The fourth-order valence-corrected chi connectivity index (χ4v) is 10.5. The van der Waals surface area contributed by atoms with Gasteiger partial charge in [0.25, 0.3) is 0 Å². The van der Waals surface area contributed by atoms with Gasteiger partial charge in [0.15, 0.2) is 0 Å². The molecule has 0 amide bonds. The van der Waals surface area contributed by atoms with Crippen molar-refractivity contribution in [2.45, 2.75) is 115 Å². The minimum atomic E-state index is -4.74. The van der Waals surface area contributed by atoms with Crippen molar-refractivity contribution >= 4 is 10.4 Å². The lowest BCUT2D eigenvalue weighted by Crippen LogP contribution is -2.63. The number of allylic oxidation sites excluding steroid dienone is 1. The summed E-state index contributed by atoms with van der Waals surface area (Å²) in [5.74, 6) is -0.602. The van der Waals surface area contributed by atoms with Gasteiger partial charge in [0.1, 0.15) is 17.8 Å². The van der Waals surface area contributed by atoms with Crippen LogP contribution in [0.1, 0.15) is 85.5 Å². The van der Waals surface area contributed by atoms with Gasteiger partial charge < -0.3 is 25.5 Å². The van der Waals surface area contributed by atoms with Gasteiger partial charge in [-0.15, -0.1) is 0 Å². The first-order chi connectivity index (χ1) is 18.1. The van der Waals surface area contributed by atoms with Gasteiger partial charge in [0.2, 0.25) is 0 Å². The second-order valence-electron chi connectivity index (χ2n) is 13.7. The second kappa shape index (κ2) is 10.9. The van der Waals surface area contributed by atoms with Crippen molar-refractivity contribution in [3.63, 3.8) is 0 Å². The second-order valence-corrected chi connectivity index (χ2v) is 14.7. The van der Waals surface area contributed by atoms with Crippen LogP contribution in [0.5, 0.6) is 0 Å². The van der Waals surface area contributed by atoms with E-state index in [2.05, 4.69) is 20.4 Å². The van der Waals surface area contributed by atoms with E-state index in [1.165, 1.54) is 0 Å². The zero-order valence-electron chi connectivity index (χ0n) is 23.9. The summed E-state index contributed by atoms with van der Waals surface area (Å²) in [5.41, 5.74) is -2.09. The highest BCUT2D eigenvalue weighted by Gasteiger charge is 2.74. The van der Waals surface area contributed by atoms with Crippen LogP contribution in [0, 0.1) is 46.3 Å². The molecule has 4 aliphatic rings. The van der Waals surface area contributed by atoms with Crippen molar-refractivity contribution in [3.05, 3.63) is 12.2 Å². The fourth-order valence-electron chi connectivity index (χ4n) is 10.0. The molecule has 0 radical (unpaired) electrons. The minimum Gasteiger partial charge on any atom is -0.396 e. The highest BCUT2D eigenvalue weighted by Crippen LogP contribution is 2.69. The summed E-state index contributed by atoms with van der Waals surface area (Å²) >= 11 is 0. The number of hydrogen-bond acceptors (Lipinski definition) is 8. The molecule has 226 valence electrons. The number of aliphatic hydroxyl groups is 5. The van der Waals surface area contributed by atoms with E-state index in [1.54, 1.807) is 0 Å². The zero-order chi connectivity index (χ0) is 29.1. The third-order valence-electron chi connectivity index (χ3n) is 12.1. The average Bonchev–Trinajstić information content (AvgIpc) is 3.03. The third kappa shape index (κ3) is 4.94. The van der Waals surface area contributed by atoms with E-state index in [-0.39, 0.29) is 36.7 Å². The summed E-state index contributed by atoms with van der Waals surface area (Å²) in [4.78, 5) is 0. The molecule has 0 aromatic heterocycles. The maximum Gasteiger partial charge on any atom is 0.397 e. The number of fused-ring (bicyclic) bond motifs is 5. The van der Waals surface area contributed by atoms with Crippen LogP contribution in [0.2, 0.25) is 0 Å². The van der Waals surface area contributed by atoms with Gasteiger partial charge in [0, 0.05) is 11.3 Å². The Labute approximate surface area is 233 Å². The molecule has 0 bridgehead atoms. The van der Waals surface area contributed by atoms with Crippen LogP contribution in [-0.4, -0.2) is 75.1 Å². The van der Waals surface area contributed by atoms with Gasteiger partial charge in [-0.05, 0) is 99.7 Å². The number of aliphatic hydroxyl groups excluding tert-OH is 4. The predicted molar refractivity (Wildman–Crippen MR) is 146 cm³/mol. The summed E-state index contributed by atoms with van der Waals surface area (Å²) in [7, 11) is -4.74. The monoisotopic (exact) mass is 574 g/mol. The first-order valence-corrected chi connectivity index (χ1v) is 16.1. The molecule has 0 aromatic carbocycles. The predicted octanol–water partition coefficient (Wildman–Crippen LogP) is 2.85. The van der Waals surface area contributed by atoms with Crippen LogP contribution in [0.4, 0.5) is 0 Å². The van der Waals surface area contributed by atoms with Gasteiger partial charge in [-0.3, -0.25) is 4.55 Å². The lowest BCUT2D eigenvalue weighted by Gasteiger charge is -2.62. The Hall–Kier alpha value is -0.590. The summed E-state index contributed by atoms with van der Waals surface area (Å²) in [6.07, 6.45) is 0.737. The van der Waals surface area contributed by atoms with Crippen LogP contribution < -0.4 is 0 Å². The standard InChI is InChI=1S/C29H50O9S/c1-6-18(16(2)3)8-7-17(4)29(34)26(33)25(32)24-20-10-9-19-13-22(31)23(38-39(35,36)37)14-27(19,5)21(20)11-12-28(24,29)15-30/h17-26,30-34H,2,6-15H2,1,3-5H3,(H,35,36,37)/t17-,18?,19+,20?,21?,22+,23+,24?,25+,26-,27+,28-,29-/m1/s1. The zero-order valence-corrected chi connectivity index (χ0v) is 24.7. The maximum absolute atomic E-state index is 12.3. The summed E-state index contributed by atoms with van der Waals surface area (Å²) < 4.78 is 37.2. The molecule has 0 aliphatic heterocycles. The van der Waals surface area contributed by atoms with Gasteiger partial charge in [-0.2, -0.15) is 8.42 Å². The van der Waals surface area contributed by atoms with Crippen LogP contribution in [0.15, 0.2) is 12.2 Å². The lowest BCUT2D eigenvalue weighted by molar-refractivity contribution is -0.217. The van der Waals surface area contributed by atoms with Crippen molar-refractivity contribution < 1.29 is 42.7 Å². The molecule has 4 rings (SSSR count). The molecular weight excluding hydrogens is 524 g/mol. The lowest BCUT2D eigenvalue weighted by atomic mass is 9.43. The molecular formula is C29H50O9S. The molecule has 39 heavy (non-hydrogen) atoms. The van der Waals surface area contributed by atoms with Gasteiger partial charge in [-0.25, -0.2) is 4.18 Å². The first kappa shape index (κ1) is 31.3. The number of hydrogen-bond donors (Lipinski definition) is 6. The molecule has 9 nitrogen and oxygen atoms in total. The van der Waals surface area contributed by atoms with E-state index >= 15 is 0 Å². The van der Waals surface area contributed by atoms with Crippen molar-refractivity contribution in [2.24, 2.45) is 46.3 Å².